The van der Waals surface area contributed by atoms with Gasteiger partial charge in [0.15, 0.2) is 0 Å². The molecular formula is C18H20Cl2N2O3. The number of benzene rings is 1. The molecule has 1 heterocycles. The molecule has 1 aliphatic heterocycles. The zero-order valence-corrected chi connectivity index (χ0v) is 15.3. The number of hydrogen-bond acceptors (Lipinski definition) is 3. The van der Waals surface area contributed by atoms with Gasteiger partial charge in [0.2, 0.25) is 11.7 Å². The molecule has 3 rings (SSSR count). The summed E-state index contributed by atoms with van der Waals surface area (Å²) in [5.41, 5.74) is 1.03. The van der Waals surface area contributed by atoms with E-state index in [1.54, 1.807) is 17.0 Å². The van der Waals surface area contributed by atoms with Crippen molar-refractivity contribution in [1.82, 2.24) is 10.2 Å². The minimum absolute atomic E-state index is 0.143. The van der Waals surface area contributed by atoms with Crippen LogP contribution in [0.5, 0.6) is 0 Å². The Morgan fingerprint density at radius 3 is 2.60 bits per heavy atom. The highest BCUT2D eigenvalue weighted by Crippen LogP contribution is 2.29. The number of hydrogen-bond donors (Lipinski definition) is 1. The fourth-order valence-corrected chi connectivity index (χ4v) is 3.51. The molecule has 0 spiro atoms. The van der Waals surface area contributed by atoms with Crippen LogP contribution >= 0.6 is 23.2 Å². The molecule has 1 atom stereocenters. The fraction of sp³-hybridized carbons (Fsp3) is 0.500. The molecule has 1 unspecified atom stereocenters. The van der Waals surface area contributed by atoms with Gasteiger partial charge in [-0.3, -0.25) is 14.4 Å². The number of ketones is 1. The number of nitrogens with one attached hydrogen (secondary N) is 1. The van der Waals surface area contributed by atoms with Gasteiger partial charge in [0.25, 0.3) is 5.91 Å². The average molecular weight is 383 g/mol. The number of aryl methyl sites for hydroxylation is 1. The van der Waals surface area contributed by atoms with Gasteiger partial charge in [0.1, 0.15) is 5.92 Å². The van der Waals surface area contributed by atoms with Gasteiger partial charge in [-0.25, -0.2) is 0 Å². The smallest absolute Gasteiger partial charge is 0.291 e. The van der Waals surface area contributed by atoms with Crippen LogP contribution in [0.2, 0.25) is 10.0 Å². The predicted octanol–water partition coefficient (Wildman–Crippen LogP) is 2.62. The first-order chi connectivity index (χ1) is 12.0. The molecule has 5 nitrogen and oxygen atoms in total. The largest absolute Gasteiger partial charge is 0.355 e. The number of Topliss-reactive ketones (excluding diaryl/α,β-unsaturated/α-hetero) is 1. The monoisotopic (exact) mass is 382 g/mol. The quantitative estimate of drug-likeness (QED) is 0.467. The molecule has 1 N–H and O–H groups in total. The van der Waals surface area contributed by atoms with Gasteiger partial charge in [-0.15, -0.1) is 0 Å². The lowest BCUT2D eigenvalue weighted by molar-refractivity contribution is -0.144. The minimum atomic E-state index is -0.863. The molecule has 1 saturated heterocycles. The van der Waals surface area contributed by atoms with Crippen LogP contribution in [0.1, 0.15) is 31.2 Å². The average Bonchev–Trinajstić information content (AvgIpc) is 2.82. The highest BCUT2D eigenvalue weighted by Gasteiger charge is 2.46. The summed E-state index contributed by atoms with van der Waals surface area (Å²) in [6.07, 6.45) is 4.38. The molecule has 0 radical (unpaired) electrons. The second kappa shape index (κ2) is 7.75. The second-order valence-corrected chi connectivity index (χ2v) is 7.42. The van der Waals surface area contributed by atoms with Gasteiger partial charge in [0, 0.05) is 19.1 Å². The lowest BCUT2D eigenvalue weighted by atomic mass is 9.92. The molecule has 1 aromatic carbocycles. The highest BCUT2D eigenvalue weighted by atomic mass is 35.5. The normalized spacial score (nSPS) is 20.7. The van der Waals surface area contributed by atoms with Crippen LogP contribution in [-0.2, 0) is 20.8 Å². The SMILES string of the molecule is O=C(NCCCc1ccc(Cl)c(Cl)c1)C1CN(C2CCC2)C(=O)C1=O. The lowest BCUT2D eigenvalue weighted by Gasteiger charge is -2.34. The maximum Gasteiger partial charge on any atom is 0.291 e. The molecule has 0 bridgehead atoms. The molecule has 25 heavy (non-hydrogen) atoms. The summed E-state index contributed by atoms with van der Waals surface area (Å²) in [6.45, 7) is 0.668. The van der Waals surface area contributed by atoms with Crippen molar-refractivity contribution in [1.29, 1.82) is 0 Å². The van der Waals surface area contributed by atoms with Gasteiger partial charge in [-0.2, -0.15) is 0 Å². The van der Waals surface area contributed by atoms with E-state index < -0.39 is 17.6 Å². The molecular weight excluding hydrogens is 363 g/mol. The Labute approximate surface area is 156 Å². The van der Waals surface area contributed by atoms with E-state index in [0.717, 1.165) is 31.2 Å². The van der Waals surface area contributed by atoms with Gasteiger partial charge >= 0.3 is 0 Å². The molecule has 134 valence electrons. The Morgan fingerprint density at radius 1 is 1.20 bits per heavy atom. The number of nitrogens with zero attached hydrogens (tertiary/aromatic N) is 1. The Kier molecular flexibility index (Phi) is 5.64. The Balaban J connectivity index is 1.45. The van der Waals surface area contributed by atoms with Crippen LogP contribution in [0.3, 0.4) is 0 Å². The van der Waals surface area contributed by atoms with Crippen molar-refractivity contribution in [3.05, 3.63) is 33.8 Å². The van der Waals surface area contributed by atoms with Crippen molar-refractivity contribution < 1.29 is 14.4 Å². The van der Waals surface area contributed by atoms with Gasteiger partial charge in [-0.1, -0.05) is 29.3 Å². The van der Waals surface area contributed by atoms with Crippen molar-refractivity contribution >= 4 is 40.8 Å². The Hall–Kier alpha value is -1.59. The van der Waals surface area contributed by atoms with E-state index in [1.165, 1.54) is 0 Å². The molecule has 2 amide bonds. The maximum atomic E-state index is 12.2. The van der Waals surface area contributed by atoms with Crippen LogP contribution in [0.25, 0.3) is 0 Å². The molecule has 1 aliphatic carbocycles. The number of carbonyl (C=O) groups excluding carboxylic acids is 3. The number of carbonyl (C=O) groups is 3. The van der Waals surface area contributed by atoms with E-state index in [1.807, 2.05) is 6.07 Å². The van der Waals surface area contributed by atoms with Gasteiger partial charge < -0.3 is 10.2 Å². The summed E-state index contributed by atoms with van der Waals surface area (Å²) in [7, 11) is 0. The summed E-state index contributed by atoms with van der Waals surface area (Å²) >= 11 is 11.9. The standard InChI is InChI=1S/C18H20Cl2N2O3/c19-14-7-6-11(9-15(14)20)3-2-8-21-17(24)13-10-22(12-4-1-5-12)18(25)16(13)23/h6-7,9,12-13H,1-5,8,10H2,(H,21,24). The number of likely N-dealkylation sites (tertiary alicyclic amines) is 1. The number of rotatable bonds is 6. The van der Waals surface area contributed by atoms with Gasteiger partial charge in [0.05, 0.1) is 10.0 Å². The van der Waals surface area contributed by atoms with Crippen molar-refractivity contribution in [2.75, 3.05) is 13.1 Å². The molecule has 0 aromatic heterocycles. The predicted molar refractivity (Wildman–Crippen MR) is 95.6 cm³/mol. The summed E-state index contributed by atoms with van der Waals surface area (Å²) in [5, 5.41) is 3.79. The van der Waals surface area contributed by atoms with E-state index in [-0.39, 0.29) is 18.5 Å². The van der Waals surface area contributed by atoms with Crippen molar-refractivity contribution in [2.45, 2.75) is 38.1 Å². The second-order valence-electron chi connectivity index (χ2n) is 6.60. The van der Waals surface area contributed by atoms with Crippen LogP contribution in [0, 0.1) is 5.92 Å². The topological polar surface area (TPSA) is 66.5 Å². The first-order valence-electron chi connectivity index (χ1n) is 8.54. The van der Waals surface area contributed by atoms with Gasteiger partial charge in [-0.05, 0) is 49.8 Å². The molecule has 7 heteroatoms. The minimum Gasteiger partial charge on any atom is -0.355 e. The van der Waals surface area contributed by atoms with E-state index in [0.29, 0.717) is 23.0 Å². The van der Waals surface area contributed by atoms with Crippen molar-refractivity contribution in [2.24, 2.45) is 5.92 Å². The van der Waals surface area contributed by atoms with Crippen LogP contribution in [0.15, 0.2) is 18.2 Å². The fourth-order valence-electron chi connectivity index (χ4n) is 3.19. The zero-order chi connectivity index (χ0) is 18.0. The van der Waals surface area contributed by atoms with E-state index in [9.17, 15) is 14.4 Å². The van der Waals surface area contributed by atoms with E-state index in [4.69, 9.17) is 23.2 Å². The zero-order valence-electron chi connectivity index (χ0n) is 13.8. The van der Waals surface area contributed by atoms with Crippen molar-refractivity contribution in [3.8, 4) is 0 Å². The molecule has 2 fully saturated rings. The highest BCUT2D eigenvalue weighted by molar-refractivity contribution is 6.42. The number of amides is 2. The Bertz CT molecular complexity index is 704. The van der Waals surface area contributed by atoms with Crippen LogP contribution in [0.4, 0.5) is 0 Å². The third-order valence-corrected chi connectivity index (χ3v) is 5.66. The maximum absolute atomic E-state index is 12.2. The Morgan fingerprint density at radius 2 is 1.96 bits per heavy atom. The van der Waals surface area contributed by atoms with Crippen LogP contribution in [-0.4, -0.2) is 41.6 Å². The van der Waals surface area contributed by atoms with Crippen molar-refractivity contribution in [3.63, 3.8) is 0 Å². The third kappa shape index (κ3) is 3.98. The van der Waals surface area contributed by atoms with E-state index >= 15 is 0 Å². The summed E-state index contributed by atoms with van der Waals surface area (Å²) < 4.78 is 0. The summed E-state index contributed by atoms with van der Waals surface area (Å²) in [5.74, 6) is -2.29. The molecule has 1 saturated carbocycles. The lowest BCUT2D eigenvalue weighted by Crippen LogP contribution is -2.42. The summed E-state index contributed by atoms with van der Waals surface area (Å²) in [4.78, 5) is 37.9. The summed E-state index contributed by atoms with van der Waals surface area (Å²) in [6, 6.07) is 5.59. The first-order valence-corrected chi connectivity index (χ1v) is 9.29. The first kappa shape index (κ1) is 18.2. The molecule has 1 aromatic rings. The van der Waals surface area contributed by atoms with E-state index in [2.05, 4.69) is 5.32 Å². The number of halogens is 2. The van der Waals surface area contributed by atoms with Crippen LogP contribution < -0.4 is 5.32 Å². The molecule has 2 aliphatic rings. The third-order valence-electron chi connectivity index (χ3n) is 4.92.